The summed E-state index contributed by atoms with van der Waals surface area (Å²) in [6, 6.07) is 4.32. The van der Waals surface area contributed by atoms with Crippen molar-refractivity contribution < 1.29 is 13.5 Å². The summed E-state index contributed by atoms with van der Waals surface area (Å²) in [5, 5.41) is 9.25. The van der Waals surface area contributed by atoms with Gasteiger partial charge in [0.2, 0.25) is 10.0 Å². The second kappa shape index (κ2) is 5.82. The first-order valence-electron chi connectivity index (χ1n) is 5.26. The number of halogens is 1. The van der Waals surface area contributed by atoms with Gasteiger partial charge in [0.15, 0.2) is 0 Å². The Balaban J connectivity index is 2.97. The Morgan fingerprint density at radius 3 is 2.65 bits per heavy atom. The average molecular weight is 278 g/mol. The first-order valence-corrected chi connectivity index (χ1v) is 7.12. The highest BCUT2D eigenvalue weighted by Gasteiger charge is 2.19. The minimum absolute atomic E-state index is 0.0523. The largest absolute Gasteiger partial charge is 0.396 e. The molecule has 6 heteroatoms. The molecule has 1 atom stereocenters. The first-order chi connectivity index (χ1) is 7.86. The molecule has 0 heterocycles. The Hall–Kier alpha value is -0.620. The van der Waals surface area contributed by atoms with E-state index >= 15 is 0 Å². The normalized spacial score (nSPS) is 13.6. The molecule has 2 N–H and O–H groups in total. The van der Waals surface area contributed by atoms with Crippen molar-refractivity contribution in [2.45, 2.75) is 31.2 Å². The summed E-state index contributed by atoms with van der Waals surface area (Å²) < 4.78 is 26.5. The van der Waals surface area contributed by atoms with Crippen molar-refractivity contribution in [3.63, 3.8) is 0 Å². The molecule has 0 aliphatic heterocycles. The monoisotopic (exact) mass is 277 g/mol. The second-order valence-electron chi connectivity index (χ2n) is 3.94. The molecule has 0 aliphatic rings. The zero-order valence-corrected chi connectivity index (χ0v) is 11.3. The molecule has 1 aromatic carbocycles. The Morgan fingerprint density at radius 1 is 1.47 bits per heavy atom. The molecule has 0 radical (unpaired) electrons. The van der Waals surface area contributed by atoms with Gasteiger partial charge in [0.05, 0.1) is 4.90 Å². The summed E-state index contributed by atoms with van der Waals surface area (Å²) in [5.41, 5.74) is 0.598. The van der Waals surface area contributed by atoms with Crippen molar-refractivity contribution in [2.24, 2.45) is 0 Å². The minimum Gasteiger partial charge on any atom is -0.396 e. The predicted octanol–water partition coefficient (Wildman–Crippen LogP) is 1.70. The van der Waals surface area contributed by atoms with Crippen LogP contribution in [-0.4, -0.2) is 26.2 Å². The number of benzene rings is 1. The molecule has 0 bridgehead atoms. The van der Waals surface area contributed by atoms with Gasteiger partial charge in [-0.05, 0) is 44.0 Å². The highest BCUT2D eigenvalue weighted by Crippen LogP contribution is 2.19. The van der Waals surface area contributed by atoms with Gasteiger partial charge in [-0.3, -0.25) is 0 Å². The topological polar surface area (TPSA) is 66.4 Å². The van der Waals surface area contributed by atoms with Crippen molar-refractivity contribution >= 4 is 21.6 Å². The summed E-state index contributed by atoms with van der Waals surface area (Å²) in [5.74, 6) is 0. The van der Waals surface area contributed by atoms with Crippen LogP contribution in [0.1, 0.15) is 18.9 Å². The van der Waals surface area contributed by atoms with E-state index in [0.29, 0.717) is 17.0 Å². The van der Waals surface area contributed by atoms with E-state index in [4.69, 9.17) is 16.7 Å². The van der Waals surface area contributed by atoms with Crippen LogP contribution in [0.25, 0.3) is 0 Å². The predicted molar refractivity (Wildman–Crippen MR) is 67.7 cm³/mol. The van der Waals surface area contributed by atoms with E-state index in [1.165, 1.54) is 6.07 Å². The van der Waals surface area contributed by atoms with Gasteiger partial charge in [0.25, 0.3) is 0 Å². The van der Waals surface area contributed by atoms with Crippen LogP contribution < -0.4 is 4.72 Å². The third kappa shape index (κ3) is 3.96. The van der Waals surface area contributed by atoms with Crippen LogP contribution in [0, 0.1) is 6.92 Å². The van der Waals surface area contributed by atoms with E-state index in [-0.39, 0.29) is 17.5 Å². The van der Waals surface area contributed by atoms with Crippen molar-refractivity contribution in [1.29, 1.82) is 0 Å². The molecule has 1 aromatic rings. The Morgan fingerprint density at radius 2 is 2.12 bits per heavy atom. The number of rotatable bonds is 5. The van der Waals surface area contributed by atoms with Crippen LogP contribution in [0.2, 0.25) is 5.02 Å². The highest BCUT2D eigenvalue weighted by molar-refractivity contribution is 7.89. The van der Waals surface area contributed by atoms with E-state index in [2.05, 4.69) is 4.72 Å². The van der Waals surface area contributed by atoms with Crippen LogP contribution in [0.4, 0.5) is 0 Å². The van der Waals surface area contributed by atoms with Crippen molar-refractivity contribution in [3.8, 4) is 0 Å². The molecule has 0 fully saturated rings. The fraction of sp³-hybridized carbons (Fsp3) is 0.455. The maximum absolute atomic E-state index is 12.0. The average Bonchev–Trinajstić information content (AvgIpc) is 2.15. The summed E-state index contributed by atoms with van der Waals surface area (Å²) >= 11 is 5.77. The van der Waals surface area contributed by atoms with Gasteiger partial charge in [-0.15, -0.1) is 0 Å². The van der Waals surface area contributed by atoms with Gasteiger partial charge in [-0.2, -0.15) is 0 Å². The Kier molecular flexibility index (Phi) is 4.94. The van der Waals surface area contributed by atoms with E-state index in [0.717, 1.165) is 0 Å². The number of nitrogens with one attached hydrogen (secondary N) is 1. The smallest absolute Gasteiger partial charge is 0.241 e. The molecular formula is C11H16ClNO3S. The Labute approximate surface area is 107 Å². The van der Waals surface area contributed by atoms with Crippen LogP contribution >= 0.6 is 11.6 Å². The molecule has 0 aromatic heterocycles. The molecule has 1 rings (SSSR count). The van der Waals surface area contributed by atoms with Gasteiger partial charge in [-0.25, -0.2) is 13.1 Å². The Bertz CT molecular complexity index is 487. The lowest BCUT2D eigenvalue weighted by Crippen LogP contribution is -2.33. The number of aryl methyl sites for hydroxylation is 1. The van der Waals surface area contributed by atoms with Gasteiger partial charge in [0.1, 0.15) is 0 Å². The number of aliphatic hydroxyl groups excluding tert-OH is 1. The van der Waals surface area contributed by atoms with E-state index < -0.39 is 10.0 Å². The summed E-state index contributed by atoms with van der Waals surface area (Å²) in [6.45, 7) is 3.35. The van der Waals surface area contributed by atoms with Gasteiger partial charge < -0.3 is 5.11 Å². The van der Waals surface area contributed by atoms with Crippen LogP contribution in [0.3, 0.4) is 0 Å². The fourth-order valence-corrected chi connectivity index (χ4v) is 3.23. The third-order valence-electron chi connectivity index (χ3n) is 2.34. The van der Waals surface area contributed by atoms with Crippen molar-refractivity contribution in [3.05, 3.63) is 28.8 Å². The lowest BCUT2D eigenvalue weighted by atomic mass is 10.2. The quantitative estimate of drug-likeness (QED) is 0.861. The zero-order valence-electron chi connectivity index (χ0n) is 9.77. The molecule has 0 aliphatic carbocycles. The van der Waals surface area contributed by atoms with Crippen LogP contribution in [0.5, 0.6) is 0 Å². The second-order valence-corrected chi connectivity index (χ2v) is 6.06. The summed E-state index contributed by atoms with van der Waals surface area (Å²) in [6.07, 6.45) is 0.381. The lowest BCUT2D eigenvalue weighted by Gasteiger charge is -2.14. The molecule has 4 nitrogen and oxygen atoms in total. The third-order valence-corrected chi connectivity index (χ3v) is 4.33. The van der Waals surface area contributed by atoms with Gasteiger partial charge in [0, 0.05) is 17.7 Å². The number of hydrogen-bond acceptors (Lipinski definition) is 3. The summed E-state index contributed by atoms with van der Waals surface area (Å²) in [7, 11) is -3.55. The fourth-order valence-electron chi connectivity index (χ4n) is 1.50. The number of hydrogen-bond donors (Lipinski definition) is 2. The molecule has 17 heavy (non-hydrogen) atoms. The molecule has 0 saturated heterocycles. The molecule has 1 unspecified atom stereocenters. The van der Waals surface area contributed by atoms with E-state index in [1.54, 1.807) is 26.0 Å². The zero-order chi connectivity index (χ0) is 13.1. The SMILES string of the molecule is Cc1cc(Cl)ccc1S(=O)(=O)NC(C)CCO. The van der Waals surface area contributed by atoms with Crippen LogP contribution in [-0.2, 0) is 10.0 Å². The van der Waals surface area contributed by atoms with Crippen molar-refractivity contribution in [2.75, 3.05) is 6.61 Å². The molecule has 0 spiro atoms. The summed E-state index contributed by atoms with van der Waals surface area (Å²) in [4.78, 5) is 0.215. The van der Waals surface area contributed by atoms with Crippen LogP contribution in [0.15, 0.2) is 23.1 Å². The van der Waals surface area contributed by atoms with Gasteiger partial charge in [-0.1, -0.05) is 11.6 Å². The molecule has 96 valence electrons. The lowest BCUT2D eigenvalue weighted by molar-refractivity contribution is 0.275. The van der Waals surface area contributed by atoms with E-state index in [1.807, 2.05) is 0 Å². The number of sulfonamides is 1. The number of aliphatic hydroxyl groups is 1. The standard InChI is InChI=1S/C11H16ClNO3S/c1-8-7-10(12)3-4-11(8)17(15,16)13-9(2)5-6-14/h3-4,7,9,13-14H,5-6H2,1-2H3. The molecular weight excluding hydrogens is 262 g/mol. The minimum atomic E-state index is -3.55. The maximum atomic E-state index is 12.0. The highest BCUT2D eigenvalue weighted by atomic mass is 35.5. The first kappa shape index (κ1) is 14.4. The van der Waals surface area contributed by atoms with Gasteiger partial charge >= 0.3 is 0 Å². The molecule has 0 saturated carbocycles. The van der Waals surface area contributed by atoms with Crippen molar-refractivity contribution in [1.82, 2.24) is 4.72 Å². The molecule has 0 amide bonds. The van der Waals surface area contributed by atoms with E-state index in [9.17, 15) is 8.42 Å². The maximum Gasteiger partial charge on any atom is 0.241 e.